The summed E-state index contributed by atoms with van der Waals surface area (Å²) < 4.78 is 10.9. The molecule has 0 N–H and O–H groups in total. The zero-order valence-electron chi connectivity index (χ0n) is 8.74. The summed E-state index contributed by atoms with van der Waals surface area (Å²) in [5.41, 5.74) is 0.949. The van der Waals surface area contributed by atoms with Crippen LogP contribution in [0.15, 0.2) is 12.4 Å². The predicted molar refractivity (Wildman–Crippen MR) is 52.5 cm³/mol. The Balaban J connectivity index is 3.18. The predicted octanol–water partition coefficient (Wildman–Crippen LogP) is 1.29. The van der Waals surface area contributed by atoms with Gasteiger partial charge in [-0.05, 0) is 6.42 Å². The summed E-state index contributed by atoms with van der Waals surface area (Å²) in [7, 11) is 3.10. The lowest BCUT2D eigenvalue weighted by Gasteiger charge is -2.11. The van der Waals surface area contributed by atoms with Crippen molar-refractivity contribution < 1.29 is 14.2 Å². The zero-order chi connectivity index (χ0) is 10.6. The molecule has 1 aromatic heterocycles. The van der Waals surface area contributed by atoms with E-state index in [1.54, 1.807) is 14.2 Å². The van der Waals surface area contributed by atoms with Crippen LogP contribution < -0.4 is 14.2 Å². The number of hydrogen-bond donors (Lipinski definition) is 0. The fraction of sp³-hybridized carbons (Fsp3) is 0.500. The summed E-state index contributed by atoms with van der Waals surface area (Å²) in [6, 6.07) is 0. The molecule has 0 fully saturated rings. The summed E-state index contributed by atoms with van der Waals surface area (Å²) in [6.45, 7) is 2.07. The van der Waals surface area contributed by atoms with Crippen molar-refractivity contribution in [3.8, 4) is 11.5 Å². The number of rotatable bonds is 4. The third kappa shape index (κ3) is 2.07. The fourth-order valence-corrected chi connectivity index (χ4v) is 1.39. The summed E-state index contributed by atoms with van der Waals surface area (Å²) in [5, 5.41) is 11.1. The van der Waals surface area contributed by atoms with Gasteiger partial charge in [0.05, 0.1) is 14.2 Å². The molecular formula is C10H15NO3. The Morgan fingerprint density at radius 2 is 1.71 bits per heavy atom. The van der Waals surface area contributed by atoms with E-state index in [0.717, 1.165) is 18.4 Å². The molecule has 0 aromatic carbocycles. The van der Waals surface area contributed by atoms with Gasteiger partial charge in [-0.2, -0.15) is 4.73 Å². The summed E-state index contributed by atoms with van der Waals surface area (Å²) in [4.78, 5) is 0. The van der Waals surface area contributed by atoms with Crippen molar-refractivity contribution in [2.24, 2.45) is 0 Å². The first kappa shape index (κ1) is 10.6. The first-order valence-electron chi connectivity index (χ1n) is 4.56. The van der Waals surface area contributed by atoms with Gasteiger partial charge in [0.15, 0.2) is 11.5 Å². The van der Waals surface area contributed by atoms with Crippen LogP contribution in [0.1, 0.15) is 18.9 Å². The SMILES string of the molecule is CCCc1c(OC)c[n+]([O-])cc1OC. The molecule has 78 valence electrons. The van der Waals surface area contributed by atoms with E-state index in [2.05, 4.69) is 6.92 Å². The molecule has 0 atom stereocenters. The highest BCUT2D eigenvalue weighted by Crippen LogP contribution is 2.27. The molecule has 0 aliphatic rings. The molecule has 4 nitrogen and oxygen atoms in total. The lowest BCUT2D eigenvalue weighted by Crippen LogP contribution is -2.25. The van der Waals surface area contributed by atoms with Gasteiger partial charge in [-0.3, -0.25) is 0 Å². The van der Waals surface area contributed by atoms with E-state index in [-0.39, 0.29) is 0 Å². The highest BCUT2D eigenvalue weighted by molar-refractivity contribution is 5.40. The largest absolute Gasteiger partial charge is 0.619 e. The lowest BCUT2D eigenvalue weighted by atomic mass is 10.1. The second kappa shape index (κ2) is 4.69. The maximum atomic E-state index is 11.1. The normalized spacial score (nSPS) is 9.93. The van der Waals surface area contributed by atoms with E-state index in [4.69, 9.17) is 9.47 Å². The van der Waals surface area contributed by atoms with E-state index in [1.807, 2.05) is 0 Å². The monoisotopic (exact) mass is 197 g/mol. The van der Waals surface area contributed by atoms with Crippen molar-refractivity contribution in [1.29, 1.82) is 0 Å². The minimum atomic E-state index is 0.584. The van der Waals surface area contributed by atoms with Gasteiger partial charge in [0.1, 0.15) is 0 Å². The Morgan fingerprint density at radius 3 is 2.07 bits per heavy atom. The Morgan fingerprint density at radius 1 is 1.21 bits per heavy atom. The van der Waals surface area contributed by atoms with Gasteiger partial charge >= 0.3 is 0 Å². The van der Waals surface area contributed by atoms with Crippen LogP contribution in [0.25, 0.3) is 0 Å². The second-order valence-corrected chi connectivity index (χ2v) is 2.98. The van der Waals surface area contributed by atoms with E-state index in [9.17, 15) is 5.21 Å². The van der Waals surface area contributed by atoms with Gasteiger partial charge in [0.2, 0.25) is 12.4 Å². The molecule has 1 heterocycles. The van der Waals surface area contributed by atoms with Gasteiger partial charge in [-0.15, -0.1) is 0 Å². The van der Waals surface area contributed by atoms with Crippen molar-refractivity contribution in [3.05, 3.63) is 23.2 Å². The lowest BCUT2D eigenvalue weighted by molar-refractivity contribution is -0.606. The van der Waals surface area contributed by atoms with Crippen molar-refractivity contribution >= 4 is 0 Å². The molecule has 14 heavy (non-hydrogen) atoms. The molecule has 1 aromatic rings. The fourth-order valence-electron chi connectivity index (χ4n) is 1.39. The molecule has 4 heteroatoms. The number of aromatic nitrogens is 1. The molecule has 0 amide bonds. The van der Waals surface area contributed by atoms with Crippen molar-refractivity contribution in [3.63, 3.8) is 0 Å². The molecule has 1 rings (SSSR count). The molecule has 0 bridgehead atoms. The van der Waals surface area contributed by atoms with Gasteiger partial charge in [0.25, 0.3) is 0 Å². The molecule has 0 radical (unpaired) electrons. The standard InChI is InChI=1S/C10H15NO3/c1-4-5-8-9(13-2)6-11(12)7-10(8)14-3/h6-7H,4-5H2,1-3H3. The Kier molecular flexibility index (Phi) is 3.56. The zero-order valence-corrected chi connectivity index (χ0v) is 8.74. The van der Waals surface area contributed by atoms with Crippen LogP contribution in [0.5, 0.6) is 11.5 Å². The van der Waals surface area contributed by atoms with Gasteiger partial charge in [-0.1, -0.05) is 13.3 Å². The van der Waals surface area contributed by atoms with E-state index in [1.165, 1.54) is 12.4 Å². The molecule has 0 aliphatic heterocycles. The Bertz CT molecular complexity index is 287. The topological polar surface area (TPSA) is 45.4 Å². The van der Waals surface area contributed by atoms with Gasteiger partial charge in [-0.25, -0.2) is 0 Å². The van der Waals surface area contributed by atoms with Crippen LogP contribution in [-0.4, -0.2) is 14.2 Å². The molecular weight excluding hydrogens is 182 g/mol. The van der Waals surface area contributed by atoms with Gasteiger partial charge in [0, 0.05) is 5.56 Å². The second-order valence-electron chi connectivity index (χ2n) is 2.98. The number of pyridine rings is 1. The first-order chi connectivity index (χ1) is 6.72. The average Bonchev–Trinajstić information content (AvgIpc) is 2.20. The van der Waals surface area contributed by atoms with Crippen molar-refractivity contribution in [2.45, 2.75) is 19.8 Å². The van der Waals surface area contributed by atoms with E-state index < -0.39 is 0 Å². The molecule has 0 unspecified atom stereocenters. The highest BCUT2D eigenvalue weighted by Gasteiger charge is 2.14. The van der Waals surface area contributed by atoms with Crippen molar-refractivity contribution in [1.82, 2.24) is 0 Å². The number of ether oxygens (including phenoxy) is 2. The maximum Gasteiger partial charge on any atom is 0.222 e. The summed E-state index contributed by atoms with van der Waals surface area (Å²) in [5.74, 6) is 1.17. The Hall–Kier alpha value is -1.45. The number of methoxy groups -OCH3 is 2. The first-order valence-corrected chi connectivity index (χ1v) is 4.56. The smallest absolute Gasteiger partial charge is 0.222 e. The minimum absolute atomic E-state index is 0.584. The van der Waals surface area contributed by atoms with Crippen LogP contribution in [-0.2, 0) is 6.42 Å². The summed E-state index contributed by atoms with van der Waals surface area (Å²) in [6.07, 6.45) is 4.64. The van der Waals surface area contributed by atoms with Crippen LogP contribution >= 0.6 is 0 Å². The molecule has 0 aliphatic carbocycles. The maximum absolute atomic E-state index is 11.1. The van der Waals surface area contributed by atoms with Crippen molar-refractivity contribution in [2.75, 3.05) is 14.2 Å². The van der Waals surface area contributed by atoms with E-state index in [0.29, 0.717) is 16.2 Å². The van der Waals surface area contributed by atoms with E-state index >= 15 is 0 Å². The number of nitrogens with zero attached hydrogens (tertiary/aromatic N) is 1. The summed E-state index contributed by atoms with van der Waals surface area (Å²) >= 11 is 0. The van der Waals surface area contributed by atoms with Crippen LogP contribution in [0.2, 0.25) is 0 Å². The van der Waals surface area contributed by atoms with Crippen LogP contribution in [0, 0.1) is 5.21 Å². The molecule has 0 spiro atoms. The third-order valence-electron chi connectivity index (χ3n) is 2.02. The quantitative estimate of drug-likeness (QED) is 0.539. The minimum Gasteiger partial charge on any atom is -0.619 e. The van der Waals surface area contributed by atoms with Crippen LogP contribution in [0.4, 0.5) is 0 Å². The number of hydrogen-bond acceptors (Lipinski definition) is 3. The van der Waals surface area contributed by atoms with Gasteiger partial charge < -0.3 is 14.7 Å². The Labute approximate surface area is 83.7 Å². The average molecular weight is 197 g/mol. The molecule has 0 saturated carbocycles. The third-order valence-corrected chi connectivity index (χ3v) is 2.02. The highest BCUT2D eigenvalue weighted by atomic mass is 16.5. The molecule has 0 saturated heterocycles. The van der Waals surface area contributed by atoms with Crippen LogP contribution in [0.3, 0.4) is 0 Å².